The van der Waals surface area contributed by atoms with Crippen molar-refractivity contribution in [3.63, 3.8) is 0 Å². The second-order valence-electron chi connectivity index (χ2n) is 4.67. The van der Waals surface area contributed by atoms with Crippen LogP contribution in [0.25, 0.3) is 11.0 Å². The Morgan fingerprint density at radius 2 is 2.41 bits per heavy atom. The summed E-state index contributed by atoms with van der Waals surface area (Å²) >= 11 is 1.82. The standard InChI is InChI=1S/C13H17N3S/c1-9-4-5-11-12(7-9)16-13(15-11)17-8-10-3-2-6-14-10/h4-5,7,10,14H,2-3,6,8H2,1H3,(H,15,16)/t10-/m1/s1. The zero-order chi connectivity index (χ0) is 11.7. The maximum Gasteiger partial charge on any atom is 0.166 e. The Morgan fingerprint density at radius 1 is 1.47 bits per heavy atom. The van der Waals surface area contributed by atoms with Crippen molar-refractivity contribution in [2.75, 3.05) is 12.3 Å². The minimum absolute atomic E-state index is 0.662. The number of fused-ring (bicyclic) bond motifs is 1. The van der Waals surface area contributed by atoms with Crippen molar-refractivity contribution in [2.24, 2.45) is 0 Å². The number of aromatic nitrogens is 2. The lowest BCUT2D eigenvalue weighted by Gasteiger charge is -2.06. The molecule has 0 bridgehead atoms. The maximum absolute atomic E-state index is 4.59. The molecule has 1 aromatic carbocycles. The highest BCUT2D eigenvalue weighted by Crippen LogP contribution is 2.22. The molecule has 3 rings (SSSR count). The third-order valence-corrected chi connectivity index (χ3v) is 4.24. The number of H-pyrrole nitrogens is 1. The number of rotatable bonds is 3. The molecule has 0 spiro atoms. The van der Waals surface area contributed by atoms with E-state index in [1.54, 1.807) is 0 Å². The molecular weight excluding hydrogens is 230 g/mol. The maximum atomic E-state index is 4.59. The summed E-state index contributed by atoms with van der Waals surface area (Å²) in [5, 5.41) is 4.55. The molecule has 1 atom stereocenters. The Morgan fingerprint density at radius 3 is 3.24 bits per heavy atom. The van der Waals surface area contributed by atoms with Crippen molar-refractivity contribution < 1.29 is 0 Å². The van der Waals surface area contributed by atoms with Crippen molar-refractivity contribution in [1.29, 1.82) is 0 Å². The van der Waals surface area contributed by atoms with Gasteiger partial charge in [-0.25, -0.2) is 4.98 Å². The van der Waals surface area contributed by atoms with Crippen molar-refractivity contribution in [2.45, 2.75) is 31.0 Å². The van der Waals surface area contributed by atoms with Crippen LogP contribution in [0.4, 0.5) is 0 Å². The van der Waals surface area contributed by atoms with Gasteiger partial charge in [0.25, 0.3) is 0 Å². The fourth-order valence-electron chi connectivity index (χ4n) is 2.25. The van der Waals surface area contributed by atoms with Crippen molar-refractivity contribution in [3.05, 3.63) is 23.8 Å². The molecule has 1 fully saturated rings. The van der Waals surface area contributed by atoms with Gasteiger partial charge < -0.3 is 10.3 Å². The minimum atomic E-state index is 0.662. The number of hydrogen-bond acceptors (Lipinski definition) is 3. The van der Waals surface area contributed by atoms with Gasteiger partial charge in [0.15, 0.2) is 5.16 Å². The van der Waals surface area contributed by atoms with Crippen LogP contribution in [0.15, 0.2) is 23.4 Å². The highest BCUT2D eigenvalue weighted by molar-refractivity contribution is 7.99. The molecule has 2 N–H and O–H groups in total. The molecule has 2 aromatic rings. The fraction of sp³-hybridized carbons (Fsp3) is 0.462. The van der Waals surface area contributed by atoms with Crippen molar-refractivity contribution >= 4 is 22.8 Å². The molecule has 1 saturated heterocycles. The summed E-state index contributed by atoms with van der Waals surface area (Å²) in [6, 6.07) is 7.00. The normalized spacial score (nSPS) is 20.2. The average molecular weight is 247 g/mol. The zero-order valence-electron chi connectivity index (χ0n) is 9.99. The Labute approximate surface area is 105 Å². The molecule has 2 heterocycles. The number of nitrogens with one attached hydrogen (secondary N) is 2. The predicted molar refractivity (Wildman–Crippen MR) is 72.6 cm³/mol. The van der Waals surface area contributed by atoms with E-state index in [4.69, 9.17) is 0 Å². The van der Waals surface area contributed by atoms with Gasteiger partial charge in [-0.15, -0.1) is 0 Å². The number of imidazole rings is 1. The Balaban J connectivity index is 1.72. The fourth-order valence-corrected chi connectivity index (χ4v) is 3.24. The predicted octanol–water partition coefficient (Wildman–Crippen LogP) is 2.72. The summed E-state index contributed by atoms with van der Waals surface area (Å²) in [4.78, 5) is 7.98. The van der Waals surface area contributed by atoms with Crippen LogP contribution in [0.1, 0.15) is 18.4 Å². The van der Waals surface area contributed by atoms with Crippen LogP contribution in [0.5, 0.6) is 0 Å². The van der Waals surface area contributed by atoms with Crippen LogP contribution in [-0.4, -0.2) is 28.3 Å². The van der Waals surface area contributed by atoms with Crippen LogP contribution in [-0.2, 0) is 0 Å². The summed E-state index contributed by atoms with van der Waals surface area (Å²) in [6.07, 6.45) is 2.61. The molecule has 17 heavy (non-hydrogen) atoms. The first-order valence-electron chi connectivity index (χ1n) is 6.14. The van der Waals surface area contributed by atoms with Gasteiger partial charge >= 0.3 is 0 Å². The molecule has 0 unspecified atom stereocenters. The second-order valence-corrected chi connectivity index (χ2v) is 5.68. The van der Waals surface area contributed by atoms with Gasteiger partial charge in [-0.2, -0.15) is 0 Å². The first-order chi connectivity index (χ1) is 8.31. The second kappa shape index (κ2) is 4.70. The Bertz CT molecular complexity index is 514. The number of nitrogens with zero attached hydrogens (tertiary/aromatic N) is 1. The van der Waals surface area contributed by atoms with Gasteiger partial charge in [0.05, 0.1) is 11.0 Å². The number of aryl methyl sites for hydroxylation is 1. The molecule has 0 aliphatic carbocycles. The molecule has 0 radical (unpaired) electrons. The van der Waals surface area contributed by atoms with E-state index in [9.17, 15) is 0 Å². The lowest BCUT2D eigenvalue weighted by molar-refractivity contribution is 0.673. The largest absolute Gasteiger partial charge is 0.333 e. The van der Waals surface area contributed by atoms with Crippen LogP contribution in [0.3, 0.4) is 0 Å². The summed E-state index contributed by atoms with van der Waals surface area (Å²) in [5.74, 6) is 1.11. The van der Waals surface area contributed by atoms with Gasteiger partial charge in [-0.1, -0.05) is 17.8 Å². The van der Waals surface area contributed by atoms with Gasteiger partial charge in [-0.3, -0.25) is 0 Å². The summed E-state index contributed by atoms with van der Waals surface area (Å²) in [5.41, 5.74) is 3.49. The molecular formula is C13H17N3S. The third-order valence-electron chi connectivity index (χ3n) is 3.20. The van der Waals surface area contributed by atoms with Gasteiger partial charge in [0, 0.05) is 11.8 Å². The highest BCUT2D eigenvalue weighted by atomic mass is 32.2. The number of hydrogen-bond donors (Lipinski definition) is 2. The van der Waals surface area contributed by atoms with Crippen molar-refractivity contribution in [3.8, 4) is 0 Å². The molecule has 1 aliphatic rings. The van der Waals surface area contributed by atoms with Gasteiger partial charge in [0.2, 0.25) is 0 Å². The first-order valence-corrected chi connectivity index (χ1v) is 7.12. The first kappa shape index (κ1) is 11.1. The zero-order valence-corrected chi connectivity index (χ0v) is 10.8. The smallest absolute Gasteiger partial charge is 0.166 e. The molecule has 4 heteroatoms. The highest BCUT2D eigenvalue weighted by Gasteiger charge is 2.14. The summed E-state index contributed by atoms with van der Waals surface area (Å²) in [7, 11) is 0. The summed E-state index contributed by atoms with van der Waals surface area (Å²) in [6.45, 7) is 3.28. The molecule has 1 aliphatic heterocycles. The molecule has 3 nitrogen and oxygen atoms in total. The Kier molecular flexibility index (Phi) is 3.07. The van der Waals surface area contributed by atoms with Crippen LogP contribution in [0, 0.1) is 6.92 Å². The van der Waals surface area contributed by atoms with Crippen LogP contribution in [0.2, 0.25) is 0 Å². The quantitative estimate of drug-likeness (QED) is 0.819. The number of benzene rings is 1. The lowest BCUT2D eigenvalue weighted by Crippen LogP contribution is -2.23. The number of aromatic amines is 1. The summed E-state index contributed by atoms with van der Waals surface area (Å²) < 4.78 is 0. The van der Waals surface area contributed by atoms with Gasteiger partial charge in [-0.05, 0) is 44.0 Å². The van der Waals surface area contributed by atoms with E-state index in [1.165, 1.54) is 24.9 Å². The van der Waals surface area contributed by atoms with Crippen LogP contribution < -0.4 is 5.32 Å². The van der Waals surface area contributed by atoms with Gasteiger partial charge in [0.1, 0.15) is 0 Å². The number of thioether (sulfide) groups is 1. The lowest BCUT2D eigenvalue weighted by atomic mass is 10.2. The molecule has 1 aromatic heterocycles. The molecule has 90 valence electrons. The minimum Gasteiger partial charge on any atom is -0.333 e. The van der Waals surface area contributed by atoms with E-state index in [-0.39, 0.29) is 0 Å². The van der Waals surface area contributed by atoms with E-state index in [0.29, 0.717) is 6.04 Å². The van der Waals surface area contributed by atoms with E-state index in [2.05, 4.69) is 40.4 Å². The molecule has 0 saturated carbocycles. The van der Waals surface area contributed by atoms with E-state index < -0.39 is 0 Å². The Hall–Kier alpha value is -1.00. The topological polar surface area (TPSA) is 40.7 Å². The molecule has 0 amide bonds. The average Bonchev–Trinajstić information content (AvgIpc) is 2.94. The van der Waals surface area contributed by atoms with E-state index in [0.717, 1.165) is 21.9 Å². The third kappa shape index (κ3) is 2.48. The van der Waals surface area contributed by atoms with E-state index in [1.807, 2.05) is 11.8 Å². The monoisotopic (exact) mass is 247 g/mol. The van der Waals surface area contributed by atoms with E-state index >= 15 is 0 Å². The SMILES string of the molecule is Cc1ccc2nc(SC[C@H]3CCCN3)[nH]c2c1. The van der Waals surface area contributed by atoms with Crippen molar-refractivity contribution in [1.82, 2.24) is 15.3 Å². The van der Waals surface area contributed by atoms with Crippen LogP contribution >= 0.6 is 11.8 Å².